The maximum absolute atomic E-state index is 4.49. The van der Waals surface area contributed by atoms with Crippen molar-refractivity contribution in [3.05, 3.63) is 48.5 Å². The van der Waals surface area contributed by atoms with Crippen molar-refractivity contribution in [3.8, 4) is 11.1 Å². The second-order valence-corrected chi connectivity index (χ2v) is 4.39. The van der Waals surface area contributed by atoms with Gasteiger partial charge in [0.2, 0.25) is 0 Å². The van der Waals surface area contributed by atoms with Crippen LogP contribution in [0.5, 0.6) is 0 Å². The molecule has 3 rings (SSSR count). The van der Waals surface area contributed by atoms with E-state index in [1.54, 1.807) is 0 Å². The molecule has 86 valence electrons. The molecule has 2 aromatic rings. The molecule has 0 aliphatic carbocycles. The Hall–Kier alpha value is -1.74. The summed E-state index contributed by atoms with van der Waals surface area (Å²) in [7, 11) is 0. The summed E-state index contributed by atoms with van der Waals surface area (Å²) in [4.78, 5) is 8.97. The van der Waals surface area contributed by atoms with E-state index in [9.17, 15) is 0 Å². The summed E-state index contributed by atoms with van der Waals surface area (Å²) in [6.45, 7) is 2.08. The summed E-state index contributed by atoms with van der Waals surface area (Å²) in [6, 6.07) is 10.2. The molecule has 1 fully saturated rings. The summed E-state index contributed by atoms with van der Waals surface area (Å²) < 4.78 is 0. The highest BCUT2D eigenvalue weighted by Gasteiger charge is 2.18. The van der Waals surface area contributed by atoms with Gasteiger partial charge in [0.05, 0.1) is 0 Å². The molecule has 3 heteroatoms. The minimum atomic E-state index is 0.486. The Bertz CT molecular complexity index is 473. The van der Waals surface area contributed by atoms with Gasteiger partial charge < -0.3 is 5.32 Å². The largest absolute Gasteiger partial charge is 0.316 e. The first-order chi connectivity index (χ1) is 8.43. The molecule has 1 saturated heterocycles. The van der Waals surface area contributed by atoms with Gasteiger partial charge in [0.15, 0.2) is 0 Å². The molecule has 2 heterocycles. The number of hydrogen-bond acceptors (Lipinski definition) is 3. The minimum absolute atomic E-state index is 0.486. The maximum atomic E-state index is 4.49. The van der Waals surface area contributed by atoms with Crippen LogP contribution in [0.1, 0.15) is 18.2 Å². The van der Waals surface area contributed by atoms with Crippen LogP contribution in [0, 0.1) is 0 Å². The fourth-order valence-corrected chi connectivity index (χ4v) is 2.20. The second-order valence-electron chi connectivity index (χ2n) is 4.39. The third-order valence-corrected chi connectivity index (χ3v) is 3.20. The first-order valence-corrected chi connectivity index (χ1v) is 6.01. The Labute approximate surface area is 101 Å². The molecular formula is C14H15N3. The molecule has 1 aromatic carbocycles. The van der Waals surface area contributed by atoms with Crippen LogP contribution in [0.2, 0.25) is 0 Å². The van der Waals surface area contributed by atoms with E-state index < -0.39 is 0 Å². The number of rotatable bonds is 2. The lowest BCUT2D eigenvalue weighted by Crippen LogP contribution is -2.10. The molecule has 0 bridgehead atoms. The lowest BCUT2D eigenvalue weighted by atomic mass is 10.1. The zero-order valence-corrected chi connectivity index (χ0v) is 9.63. The molecule has 0 saturated carbocycles. The molecule has 1 aliphatic heterocycles. The summed E-state index contributed by atoms with van der Waals surface area (Å²) in [6.07, 6.45) is 5.00. The number of hydrogen-bond donors (Lipinski definition) is 1. The zero-order chi connectivity index (χ0) is 11.5. The third kappa shape index (κ3) is 2.19. The Balaban J connectivity index is 1.85. The van der Waals surface area contributed by atoms with Crippen LogP contribution in [0.15, 0.2) is 42.7 Å². The highest BCUT2D eigenvalue weighted by Crippen LogP contribution is 2.21. The molecule has 1 atom stereocenters. The molecule has 17 heavy (non-hydrogen) atoms. The van der Waals surface area contributed by atoms with Gasteiger partial charge in [-0.3, -0.25) is 0 Å². The van der Waals surface area contributed by atoms with Crippen molar-refractivity contribution in [2.75, 3.05) is 13.1 Å². The van der Waals surface area contributed by atoms with Crippen molar-refractivity contribution in [2.45, 2.75) is 12.3 Å². The van der Waals surface area contributed by atoms with E-state index in [0.29, 0.717) is 5.92 Å². The molecule has 1 N–H and O–H groups in total. The SMILES string of the molecule is c1ccc(-c2cnc(C3CCNC3)nc2)cc1. The Morgan fingerprint density at radius 3 is 2.41 bits per heavy atom. The fourth-order valence-electron chi connectivity index (χ4n) is 2.20. The summed E-state index contributed by atoms with van der Waals surface area (Å²) >= 11 is 0. The standard InChI is InChI=1S/C14H15N3/c1-2-4-11(5-3-1)13-9-16-14(17-10-13)12-6-7-15-8-12/h1-5,9-10,12,15H,6-8H2. The lowest BCUT2D eigenvalue weighted by Gasteiger charge is -2.07. The van der Waals surface area contributed by atoms with Gasteiger partial charge in [0, 0.05) is 30.4 Å². The number of benzene rings is 1. The van der Waals surface area contributed by atoms with Crippen molar-refractivity contribution in [3.63, 3.8) is 0 Å². The molecule has 3 nitrogen and oxygen atoms in total. The van der Waals surface area contributed by atoms with Crippen molar-refractivity contribution in [1.29, 1.82) is 0 Å². The Morgan fingerprint density at radius 1 is 1.00 bits per heavy atom. The van der Waals surface area contributed by atoms with Gasteiger partial charge in [-0.25, -0.2) is 9.97 Å². The van der Waals surface area contributed by atoms with Crippen LogP contribution in [0.3, 0.4) is 0 Å². The van der Waals surface area contributed by atoms with Gasteiger partial charge >= 0.3 is 0 Å². The quantitative estimate of drug-likeness (QED) is 0.851. The molecule has 0 spiro atoms. The van der Waals surface area contributed by atoms with Crippen LogP contribution >= 0.6 is 0 Å². The van der Waals surface area contributed by atoms with Crippen LogP contribution in [-0.4, -0.2) is 23.1 Å². The zero-order valence-electron chi connectivity index (χ0n) is 9.63. The molecule has 1 unspecified atom stereocenters. The third-order valence-electron chi connectivity index (χ3n) is 3.20. The van der Waals surface area contributed by atoms with Crippen LogP contribution < -0.4 is 5.32 Å². The molecule has 1 aliphatic rings. The van der Waals surface area contributed by atoms with Gasteiger partial charge in [0.25, 0.3) is 0 Å². The van der Waals surface area contributed by atoms with Crippen molar-refractivity contribution < 1.29 is 0 Å². The van der Waals surface area contributed by atoms with E-state index in [1.807, 2.05) is 30.6 Å². The van der Waals surface area contributed by atoms with E-state index in [-0.39, 0.29) is 0 Å². The monoisotopic (exact) mass is 225 g/mol. The smallest absolute Gasteiger partial charge is 0.132 e. The normalized spacial score (nSPS) is 19.4. The summed E-state index contributed by atoms with van der Waals surface area (Å²) in [5.74, 6) is 1.45. The average molecular weight is 225 g/mol. The first kappa shape index (κ1) is 10.4. The van der Waals surface area contributed by atoms with Crippen LogP contribution in [-0.2, 0) is 0 Å². The van der Waals surface area contributed by atoms with E-state index >= 15 is 0 Å². The number of nitrogens with one attached hydrogen (secondary N) is 1. The van der Waals surface area contributed by atoms with Gasteiger partial charge in [-0.1, -0.05) is 30.3 Å². The predicted octanol–water partition coefficient (Wildman–Crippen LogP) is 2.22. The fraction of sp³-hybridized carbons (Fsp3) is 0.286. The Morgan fingerprint density at radius 2 is 1.76 bits per heavy atom. The highest BCUT2D eigenvalue weighted by molar-refractivity contribution is 5.60. The summed E-state index contributed by atoms with van der Waals surface area (Å²) in [5, 5.41) is 3.34. The molecule has 0 radical (unpaired) electrons. The van der Waals surface area contributed by atoms with Crippen molar-refractivity contribution >= 4 is 0 Å². The van der Waals surface area contributed by atoms with E-state index in [4.69, 9.17) is 0 Å². The van der Waals surface area contributed by atoms with E-state index in [2.05, 4.69) is 27.4 Å². The number of nitrogens with zero attached hydrogens (tertiary/aromatic N) is 2. The van der Waals surface area contributed by atoms with E-state index in [1.165, 1.54) is 5.56 Å². The van der Waals surface area contributed by atoms with Crippen LogP contribution in [0.25, 0.3) is 11.1 Å². The molecule has 0 amide bonds. The minimum Gasteiger partial charge on any atom is -0.316 e. The average Bonchev–Trinajstić information content (AvgIpc) is 2.94. The molecular weight excluding hydrogens is 210 g/mol. The van der Waals surface area contributed by atoms with Gasteiger partial charge in [-0.15, -0.1) is 0 Å². The van der Waals surface area contributed by atoms with Crippen molar-refractivity contribution in [2.24, 2.45) is 0 Å². The lowest BCUT2D eigenvalue weighted by molar-refractivity contribution is 0.702. The second kappa shape index (κ2) is 4.63. The topological polar surface area (TPSA) is 37.8 Å². The predicted molar refractivity (Wildman–Crippen MR) is 67.7 cm³/mol. The molecule has 1 aromatic heterocycles. The first-order valence-electron chi connectivity index (χ1n) is 6.01. The van der Waals surface area contributed by atoms with Gasteiger partial charge in [0.1, 0.15) is 5.82 Å². The Kier molecular flexibility index (Phi) is 2.84. The van der Waals surface area contributed by atoms with Gasteiger partial charge in [-0.05, 0) is 18.5 Å². The van der Waals surface area contributed by atoms with Crippen LogP contribution in [0.4, 0.5) is 0 Å². The highest BCUT2D eigenvalue weighted by atomic mass is 14.9. The van der Waals surface area contributed by atoms with E-state index in [0.717, 1.165) is 30.9 Å². The maximum Gasteiger partial charge on any atom is 0.132 e. The summed E-state index contributed by atoms with van der Waals surface area (Å²) in [5.41, 5.74) is 2.25. The number of aromatic nitrogens is 2. The van der Waals surface area contributed by atoms with Gasteiger partial charge in [-0.2, -0.15) is 0 Å². The van der Waals surface area contributed by atoms with Crippen molar-refractivity contribution in [1.82, 2.24) is 15.3 Å².